The number of esters is 1. The van der Waals surface area contributed by atoms with Gasteiger partial charge in [-0.3, -0.25) is 0 Å². The van der Waals surface area contributed by atoms with Gasteiger partial charge in [0.2, 0.25) is 0 Å². The predicted octanol–water partition coefficient (Wildman–Crippen LogP) is 4.45. The zero-order valence-electron chi connectivity index (χ0n) is 19.1. The Balaban J connectivity index is 2.15. The Morgan fingerprint density at radius 3 is 2.34 bits per heavy atom. The molecule has 3 rings (SSSR count). The zero-order valence-corrected chi connectivity index (χ0v) is 19.1. The Morgan fingerprint density at radius 2 is 1.72 bits per heavy atom. The number of nitrogens with one attached hydrogen (secondary N) is 2. The molecule has 2 N–H and O–H groups in total. The van der Waals surface area contributed by atoms with Gasteiger partial charge in [0.05, 0.1) is 37.1 Å². The maximum atomic E-state index is 13.2. The summed E-state index contributed by atoms with van der Waals surface area (Å²) in [5, 5.41) is 5.66. The first-order chi connectivity index (χ1) is 15.3. The summed E-state index contributed by atoms with van der Waals surface area (Å²) in [4.78, 5) is 25.9. The van der Waals surface area contributed by atoms with Crippen LogP contribution in [0.3, 0.4) is 0 Å². The summed E-state index contributed by atoms with van der Waals surface area (Å²) in [6, 6.07) is 13.4. The Kier molecular flexibility index (Phi) is 7.41. The molecule has 32 heavy (non-hydrogen) atoms. The molecule has 0 spiro atoms. The number of para-hydroxylation sites is 1. The first-order valence-electron chi connectivity index (χ1n) is 10.7. The molecule has 2 aromatic rings. The average Bonchev–Trinajstić information content (AvgIpc) is 2.76. The van der Waals surface area contributed by atoms with E-state index in [1.165, 1.54) is 0 Å². The number of carbonyl (C=O) groups excluding carboxylic acids is 2. The standard InChI is InChI=1S/C25H30N2O5/c1-15(2)14-31-20-9-7-6-8-19(20)23-21(24(28)32-16(3)4)22(26-25(29)27-23)17-10-12-18(30-5)13-11-17/h6-13,15-16,23H,14H2,1-5H3,(H2,26,27,29). The second-order valence-corrected chi connectivity index (χ2v) is 8.25. The quantitative estimate of drug-likeness (QED) is 0.595. The molecule has 7 nitrogen and oxygen atoms in total. The van der Waals surface area contributed by atoms with E-state index in [0.717, 1.165) is 0 Å². The normalized spacial score (nSPS) is 16.0. The molecule has 2 aromatic carbocycles. The van der Waals surface area contributed by atoms with Gasteiger partial charge in [-0.1, -0.05) is 32.0 Å². The van der Waals surface area contributed by atoms with Crippen molar-refractivity contribution in [2.45, 2.75) is 39.8 Å². The fraction of sp³-hybridized carbons (Fsp3) is 0.360. The number of methoxy groups -OCH3 is 1. The van der Waals surface area contributed by atoms with Crippen molar-refractivity contribution in [1.29, 1.82) is 0 Å². The molecule has 0 saturated carbocycles. The maximum Gasteiger partial charge on any atom is 0.338 e. The summed E-state index contributed by atoms with van der Waals surface area (Å²) < 4.78 is 16.8. The number of urea groups is 1. The van der Waals surface area contributed by atoms with E-state index in [0.29, 0.717) is 46.4 Å². The van der Waals surface area contributed by atoms with E-state index in [9.17, 15) is 9.59 Å². The van der Waals surface area contributed by atoms with Gasteiger partial charge in [0, 0.05) is 5.56 Å². The first-order valence-corrected chi connectivity index (χ1v) is 10.7. The monoisotopic (exact) mass is 438 g/mol. The fourth-order valence-corrected chi connectivity index (χ4v) is 3.39. The van der Waals surface area contributed by atoms with Gasteiger partial charge in [-0.2, -0.15) is 0 Å². The van der Waals surface area contributed by atoms with Gasteiger partial charge in [-0.15, -0.1) is 0 Å². The van der Waals surface area contributed by atoms with Crippen LogP contribution in [0.5, 0.6) is 11.5 Å². The molecule has 0 aliphatic carbocycles. The molecule has 0 bridgehead atoms. The number of hydrogen-bond acceptors (Lipinski definition) is 5. The third-order valence-corrected chi connectivity index (χ3v) is 4.82. The minimum Gasteiger partial charge on any atom is -0.497 e. The number of hydrogen-bond donors (Lipinski definition) is 2. The number of benzene rings is 2. The lowest BCUT2D eigenvalue weighted by atomic mass is 9.92. The summed E-state index contributed by atoms with van der Waals surface area (Å²) in [5.41, 5.74) is 2.06. The first kappa shape index (κ1) is 23.2. The molecule has 0 radical (unpaired) electrons. The van der Waals surface area contributed by atoms with Crippen LogP contribution in [0.15, 0.2) is 54.1 Å². The van der Waals surface area contributed by atoms with Crippen molar-refractivity contribution in [3.8, 4) is 11.5 Å². The number of carbonyl (C=O) groups is 2. The van der Waals surface area contributed by atoms with Crippen molar-refractivity contribution >= 4 is 17.7 Å². The van der Waals surface area contributed by atoms with E-state index in [4.69, 9.17) is 14.2 Å². The van der Waals surface area contributed by atoms with Crippen LogP contribution in [0.25, 0.3) is 5.70 Å². The highest BCUT2D eigenvalue weighted by atomic mass is 16.5. The molecule has 1 aliphatic rings. The Hall–Kier alpha value is -3.48. The molecule has 1 heterocycles. The molecule has 170 valence electrons. The van der Waals surface area contributed by atoms with Crippen LogP contribution in [0, 0.1) is 5.92 Å². The number of amides is 2. The van der Waals surface area contributed by atoms with Gasteiger partial charge in [0.15, 0.2) is 0 Å². The molecular formula is C25H30N2O5. The van der Waals surface area contributed by atoms with Crippen LogP contribution in [0.4, 0.5) is 4.79 Å². The van der Waals surface area contributed by atoms with Crippen molar-refractivity contribution in [2.24, 2.45) is 5.92 Å². The average molecular weight is 439 g/mol. The highest BCUT2D eigenvalue weighted by Crippen LogP contribution is 2.36. The van der Waals surface area contributed by atoms with Crippen LogP contribution in [-0.2, 0) is 9.53 Å². The maximum absolute atomic E-state index is 13.2. The third kappa shape index (κ3) is 5.41. The van der Waals surface area contributed by atoms with E-state index in [2.05, 4.69) is 24.5 Å². The Bertz CT molecular complexity index is 996. The second-order valence-electron chi connectivity index (χ2n) is 8.25. The summed E-state index contributed by atoms with van der Waals surface area (Å²) in [6.45, 7) is 8.20. The van der Waals surface area contributed by atoms with Crippen LogP contribution >= 0.6 is 0 Å². The van der Waals surface area contributed by atoms with Crippen LogP contribution in [0.2, 0.25) is 0 Å². The van der Waals surface area contributed by atoms with Crippen molar-refractivity contribution in [2.75, 3.05) is 13.7 Å². The SMILES string of the molecule is COc1ccc(C2=C(C(=O)OC(C)C)C(c3ccccc3OCC(C)C)NC(=O)N2)cc1. The van der Waals surface area contributed by atoms with Gasteiger partial charge >= 0.3 is 12.0 Å². The largest absolute Gasteiger partial charge is 0.497 e. The lowest BCUT2D eigenvalue weighted by molar-refractivity contribution is -0.143. The lowest BCUT2D eigenvalue weighted by Crippen LogP contribution is -2.45. The third-order valence-electron chi connectivity index (χ3n) is 4.82. The topological polar surface area (TPSA) is 85.9 Å². The fourth-order valence-electron chi connectivity index (χ4n) is 3.39. The van der Waals surface area contributed by atoms with Crippen molar-refractivity contribution in [3.05, 3.63) is 65.2 Å². The van der Waals surface area contributed by atoms with E-state index in [1.54, 1.807) is 45.2 Å². The summed E-state index contributed by atoms with van der Waals surface area (Å²) >= 11 is 0. The lowest BCUT2D eigenvalue weighted by Gasteiger charge is -2.31. The number of rotatable bonds is 8. The summed E-state index contributed by atoms with van der Waals surface area (Å²) in [7, 11) is 1.58. The highest BCUT2D eigenvalue weighted by Gasteiger charge is 2.36. The van der Waals surface area contributed by atoms with Crippen LogP contribution in [0.1, 0.15) is 44.9 Å². The van der Waals surface area contributed by atoms with Gasteiger partial charge in [-0.05, 0) is 55.7 Å². The molecular weight excluding hydrogens is 408 g/mol. The molecule has 1 unspecified atom stereocenters. The highest BCUT2D eigenvalue weighted by molar-refractivity contribution is 6.04. The Morgan fingerprint density at radius 1 is 1.03 bits per heavy atom. The smallest absolute Gasteiger partial charge is 0.338 e. The minimum absolute atomic E-state index is 0.309. The van der Waals surface area contributed by atoms with Gasteiger partial charge < -0.3 is 24.8 Å². The van der Waals surface area contributed by atoms with Crippen LogP contribution < -0.4 is 20.1 Å². The number of ether oxygens (including phenoxy) is 3. The van der Waals surface area contributed by atoms with E-state index < -0.39 is 18.0 Å². The van der Waals surface area contributed by atoms with E-state index >= 15 is 0 Å². The van der Waals surface area contributed by atoms with Gasteiger partial charge in [0.1, 0.15) is 11.5 Å². The van der Waals surface area contributed by atoms with Gasteiger partial charge in [-0.25, -0.2) is 9.59 Å². The van der Waals surface area contributed by atoms with Crippen LogP contribution in [-0.4, -0.2) is 31.8 Å². The summed E-state index contributed by atoms with van der Waals surface area (Å²) in [5.74, 6) is 1.09. The van der Waals surface area contributed by atoms with Gasteiger partial charge in [0.25, 0.3) is 0 Å². The zero-order chi connectivity index (χ0) is 23.3. The second kappa shape index (κ2) is 10.2. The molecule has 1 atom stereocenters. The van der Waals surface area contributed by atoms with Crippen molar-refractivity contribution in [3.63, 3.8) is 0 Å². The van der Waals surface area contributed by atoms with Crippen molar-refractivity contribution < 1.29 is 23.8 Å². The predicted molar refractivity (Wildman–Crippen MR) is 122 cm³/mol. The molecule has 1 aliphatic heterocycles. The van der Waals surface area contributed by atoms with E-state index in [1.807, 2.05) is 24.3 Å². The van der Waals surface area contributed by atoms with E-state index in [-0.39, 0.29) is 6.10 Å². The molecule has 2 amide bonds. The Labute approximate surface area is 188 Å². The minimum atomic E-state index is -0.740. The molecule has 0 fully saturated rings. The molecule has 0 saturated heterocycles. The van der Waals surface area contributed by atoms with Crippen molar-refractivity contribution in [1.82, 2.24) is 10.6 Å². The molecule has 0 aromatic heterocycles. The summed E-state index contributed by atoms with van der Waals surface area (Å²) in [6.07, 6.45) is -0.321. The molecule has 7 heteroatoms.